The van der Waals surface area contributed by atoms with Crippen LogP contribution in [0.3, 0.4) is 0 Å². The summed E-state index contributed by atoms with van der Waals surface area (Å²) < 4.78 is 40.9. The third-order valence-electron chi connectivity index (χ3n) is 6.81. The van der Waals surface area contributed by atoms with Crippen molar-refractivity contribution in [2.75, 3.05) is 11.4 Å². The number of carbonyl (C=O) groups is 2. The molecule has 1 atom stereocenters. The van der Waals surface area contributed by atoms with Crippen molar-refractivity contribution in [2.24, 2.45) is 0 Å². The number of nitrogens with zero attached hydrogens (tertiary/aromatic N) is 3. The molecule has 0 aromatic carbocycles. The summed E-state index contributed by atoms with van der Waals surface area (Å²) in [6.45, 7) is 16.6. The Balaban J connectivity index is 2.04. The van der Waals surface area contributed by atoms with Gasteiger partial charge in [-0.15, -0.1) is 11.3 Å². The molecule has 0 aliphatic rings. The molecule has 1 N–H and O–H groups in total. The summed E-state index contributed by atoms with van der Waals surface area (Å²) in [5.41, 5.74) is -1.28. The quantitative estimate of drug-likeness (QED) is 0.187. The number of nitrogens with one attached hydrogen (secondary N) is 1. The van der Waals surface area contributed by atoms with Crippen molar-refractivity contribution in [3.63, 3.8) is 0 Å². The predicted molar refractivity (Wildman–Crippen MR) is 182 cm³/mol. The molecule has 10 nitrogen and oxygen atoms in total. The highest BCUT2D eigenvalue weighted by molar-refractivity contribution is 7.89. The molecular formula is C34H48N4O6S2. The van der Waals surface area contributed by atoms with Crippen LogP contribution in [0.2, 0.25) is 0 Å². The van der Waals surface area contributed by atoms with E-state index < -0.39 is 45.9 Å². The molecule has 1 amide bonds. The molecule has 3 aromatic rings. The first-order chi connectivity index (χ1) is 21.3. The highest BCUT2D eigenvalue weighted by atomic mass is 32.2. The minimum absolute atomic E-state index is 0.0182. The Hall–Kier alpha value is -3.35. The van der Waals surface area contributed by atoms with Gasteiger partial charge in [0.15, 0.2) is 5.03 Å². The van der Waals surface area contributed by atoms with Crippen LogP contribution in [0.1, 0.15) is 103 Å². The summed E-state index contributed by atoms with van der Waals surface area (Å²) in [4.78, 5) is 38.3. The SMILES string of the molecule is CCCCC(C)(C)c1ccc(CC(NS(=O)(=O)c2ccccn2)c2cccc(N(CC(=O)OC(C)(C)C)C(=O)OC(C)(C)C)n2)s1. The average Bonchev–Trinajstić information content (AvgIpc) is 3.43. The van der Waals surface area contributed by atoms with Gasteiger partial charge in [-0.05, 0) is 89.8 Å². The molecule has 0 aliphatic heterocycles. The van der Waals surface area contributed by atoms with Crippen LogP contribution in [0.5, 0.6) is 0 Å². The minimum atomic E-state index is -4.05. The molecule has 0 fully saturated rings. The van der Waals surface area contributed by atoms with Gasteiger partial charge in [-0.1, -0.05) is 45.7 Å². The second kappa shape index (κ2) is 15.0. The van der Waals surface area contributed by atoms with E-state index in [-0.39, 0.29) is 16.3 Å². The van der Waals surface area contributed by atoms with Crippen molar-refractivity contribution < 1.29 is 27.5 Å². The molecule has 3 rings (SSSR count). The topological polar surface area (TPSA) is 128 Å². The third-order valence-corrected chi connectivity index (χ3v) is 9.67. The van der Waals surface area contributed by atoms with Crippen molar-refractivity contribution in [1.82, 2.24) is 14.7 Å². The number of pyridine rings is 2. The van der Waals surface area contributed by atoms with Gasteiger partial charge >= 0.3 is 12.1 Å². The van der Waals surface area contributed by atoms with Gasteiger partial charge < -0.3 is 9.47 Å². The number of thiophene rings is 1. The van der Waals surface area contributed by atoms with Crippen LogP contribution in [0.15, 0.2) is 59.8 Å². The van der Waals surface area contributed by atoms with Gasteiger partial charge in [-0.2, -0.15) is 0 Å². The molecule has 252 valence electrons. The van der Waals surface area contributed by atoms with Gasteiger partial charge in [0.05, 0.1) is 11.7 Å². The number of amides is 1. The number of carbonyl (C=O) groups excluding carboxylic acids is 2. The second-order valence-electron chi connectivity index (χ2n) is 13.9. The summed E-state index contributed by atoms with van der Waals surface area (Å²) in [6, 6.07) is 12.9. The normalized spacial score (nSPS) is 13.2. The van der Waals surface area contributed by atoms with Crippen LogP contribution in [0, 0.1) is 0 Å². The molecule has 0 radical (unpaired) electrons. The Morgan fingerprint density at radius 2 is 1.63 bits per heavy atom. The maximum Gasteiger partial charge on any atom is 0.416 e. The van der Waals surface area contributed by atoms with Crippen LogP contribution in [0.4, 0.5) is 10.6 Å². The van der Waals surface area contributed by atoms with Crippen molar-refractivity contribution in [1.29, 1.82) is 0 Å². The van der Waals surface area contributed by atoms with Crippen LogP contribution >= 0.6 is 11.3 Å². The predicted octanol–water partition coefficient (Wildman–Crippen LogP) is 7.35. The van der Waals surface area contributed by atoms with E-state index in [1.807, 2.05) is 6.07 Å². The molecule has 0 spiro atoms. The largest absolute Gasteiger partial charge is 0.459 e. The molecule has 3 heterocycles. The Morgan fingerprint density at radius 1 is 0.935 bits per heavy atom. The van der Waals surface area contributed by atoms with E-state index in [1.165, 1.54) is 17.1 Å². The number of sulfonamides is 1. The van der Waals surface area contributed by atoms with Gasteiger partial charge in [-0.3, -0.25) is 9.69 Å². The fourth-order valence-corrected chi connectivity index (χ4v) is 6.94. The van der Waals surface area contributed by atoms with E-state index in [4.69, 9.17) is 14.5 Å². The number of aromatic nitrogens is 2. The fraction of sp³-hybridized carbons (Fsp3) is 0.529. The molecular weight excluding hydrogens is 625 g/mol. The Bertz CT molecular complexity index is 1570. The molecule has 0 bridgehead atoms. The third kappa shape index (κ3) is 11.2. The molecule has 46 heavy (non-hydrogen) atoms. The summed E-state index contributed by atoms with van der Waals surface area (Å²) in [5.74, 6) is -0.526. The van der Waals surface area contributed by atoms with Crippen molar-refractivity contribution >= 4 is 39.2 Å². The van der Waals surface area contributed by atoms with Gasteiger partial charge in [0.25, 0.3) is 10.0 Å². The molecule has 0 saturated carbocycles. The number of hydrogen-bond acceptors (Lipinski definition) is 9. The summed E-state index contributed by atoms with van der Waals surface area (Å²) in [5, 5.41) is -0.121. The Labute approximate surface area is 278 Å². The van der Waals surface area contributed by atoms with E-state index >= 15 is 0 Å². The number of ether oxygens (including phenoxy) is 2. The number of esters is 1. The molecule has 3 aromatic heterocycles. The van der Waals surface area contributed by atoms with Crippen molar-refractivity contribution in [3.05, 3.63) is 70.2 Å². The van der Waals surface area contributed by atoms with Gasteiger partial charge in [0.1, 0.15) is 23.6 Å². The van der Waals surface area contributed by atoms with Crippen LogP contribution in [0.25, 0.3) is 0 Å². The second-order valence-corrected chi connectivity index (χ2v) is 16.7. The standard InChI is InChI=1S/C34H48N4O6S2/c1-10-11-20-34(8,9)27-19-18-24(45-27)22-26(37-46(41,42)29-17-12-13-21-35-29)25-15-14-16-28(36-25)38(31(40)44-33(5,6)7)23-30(39)43-32(2,3)4/h12-19,21,26,37H,10-11,20,22-23H2,1-9H3. The van der Waals surface area contributed by atoms with Gasteiger partial charge in [0.2, 0.25) is 0 Å². The maximum absolute atomic E-state index is 13.5. The van der Waals surface area contributed by atoms with Gasteiger partial charge in [-0.25, -0.2) is 27.9 Å². The van der Waals surface area contributed by atoms with E-state index in [9.17, 15) is 18.0 Å². The number of hydrogen-bond donors (Lipinski definition) is 1. The Kier molecular flexibility index (Phi) is 12.1. The zero-order valence-electron chi connectivity index (χ0n) is 28.4. The van der Waals surface area contributed by atoms with E-state index in [0.29, 0.717) is 12.1 Å². The zero-order valence-corrected chi connectivity index (χ0v) is 30.0. The zero-order chi connectivity index (χ0) is 34.3. The van der Waals surface area contributed by atoms with E-state index in [0.717, 1.165) is 29.0 Å². The lowest BCUT2D eigenvalue weighted by atomic mass is 9.86. The monoisotopic (exact) mass is 672 g/mol. The maximum atomic E-state index is 13.5. The number of anilines is 1. The average molecular weight is 673 g/mol. The van der Waals surface area contributed by atoms with E-state index in [2.05, 4.69) is 36.5 Å². The lowest BCUT2D eigenvalue weighted by Gasteiger charge is -2.28. The molecule has 12 heteroatoms. The fourth-order valence-electron chi connectivity index (χ4n) is 4.60. The first-order valence-corrected chi connectivity index (χ1v) is 17.8. The summed E-state index contributed by atoms with van der Waals surface area (Å²) >= 11 is 1.65. The lowest BCUT2D eigenvalue weighted by molar-refractivity contribution is -0.153. The first kappa shape index (κ1) is 37.1. The first-order valence-electron chi connectivity index (χ1n) is 15.5. The lowest BCUT2D eigenvalue weighted by Crippen LogP contribution is -2.42. The van der Waals surface area contributed by atoms with Crippen LogP contribution in [-0.2, 0) is 36.1 Å². The van der Waals surface area contributed by atoms with Crippen molar-refractivity contribution in [2.45, 2.75) is 116 Å². The minimum Gasteiger partial charge on any atom is -0.459 e. The van der Waals surface area contributed by atoms with E-state index in [1.54, 1.807) is 83.2 Å². The molecule has 0 saturated heterocycles. The molecule has 0 aliphatic carbocycles. The summed E-state index contributed by atoms with van der Waals surface area (Å²) in [7, 11) is -4.05. The van der Waals surface area contributed by atoms with Crippen LogP contribution < -0.4 is 9.62 Å². The molecule has 1 unspecified atom stereocenters. The van der Waals surface area contributed by atoms with Gasteiger partial charge in [0, 0.05) is 22.4 Å². The smallest absolute Gasteiger partial charge is 0.416 e. The summed E-state index contributed by atoms with van der Waals surface area (Å²) in [6.07, 6.45) is 4.19. The number of unbranched alkanes of at least 4 members (excludes halogenated alkanes) is 1. The van der Waals surface area contributed by atoms with Crippen molar-refractivity contribution in [3.8, 4) is 0 Å². The highest BCUT2D eigenvalue weighted by Crippen LogP contribution is 2.36. The number of rotatable bonds is 13. The Morgan fingerprint density at radius 3 is 2.24 bits per heavy atom. The highest BCUT2D eigenvalue weighted by Gasteiger charge is 2.31. The van der Waals surface area contributed by atoms with Crippen LogP contribution in [-0.4, -0.2) is 48.2 Å².